The summed E-state index contributed by atoms with van der Waals surface area (Å²) in [5.41, 5.74) is 7.20. The van der Waals surface area contributed by atoms with Gasteiger partial charge in [-0.15, -0.1) is 0 Å². The van der Waals surface area contributed by atoms with E-state index in [1.807, 2.05) is 68.4 Å². The van der Waals surface area contributed by atoms with Crippen molar-refractivity contribution in [2.75, 3.05) is 17.7 Å². The summed E-state index contributed by atoms with van der Waals surface area (Å²) < 4.78 is 5.48. The quantitative estimate of drug-likeness (QED) is 0.294. The molecule has 0 spiro atoms. The van der Waals surface area contributed by atoms with Crippen LogP contribution in [0.25, 0.3) is 0 Å². The van der Waals surface area contributed by atoms with Crippen molar-refractivity contribution in [3.05, 3.63) is 83.4 Å². The van der Waals surface area contributed by atoms with Gasteiger partial charge >= 0.3 is 11.8 Å². The molecule has 32 heavy (non-hydrogen) atoms. The molecule has 0 unspecified atom stereocenters. The smallest absolute Gasteiger partial charge is 0.329 e. The predicted octanol–water partition coefficient (Wildman–Crippen LogP) is 4.40. The van der Waals surface area contributed by atoms with E-state index < -0.39 is 11.8 Å². The van der Waals surface area contributed by atoms with Gasteiger partial charge in [0.25, 0.3) is 0 Å². The van der Waals surface area contributed by atoms with Crippen molar-refractivity contribution < 1.29 is 14.3 Å². The Hall–Kier alpha value is -4.13. The van der Waals surface area contributed by atoms with E-state index in [4.69, 9.17) is 4.74 Å². The molecule has 0 saturated carbocycles. The van der Waals surface area contributed by atoms with E-state index in [1.165, 1.54) is 6.21 Å². The van der Waals surface area contributed by atoms with Crippen LogP contribution in [0.4, 0.5) is 17.1 Å². The number of methoxy groups -OCH3 is 1. The van der Waals surface area contributed by atoms with E-state index >= 15 is 0 Å². The number of hydrogen-bond donors (Lipinski definition) is 3. The first-order valence-corrected chi connectivity index (χ1v) is 10.3. The summed E-state index contributed by atoms with van der Waals surface area (Å²) in [5.74, 6) is -1.02. The number of carbonyl (C=O) groups is 2. The van der Waals surface area contributed by atoms with Crippen LogP contribution in [-0.4, -0.2) is 25.1 Å². The summed E-state index contributed by atoms with van der Waals surface area (Å²) in [7, 11) is 1.58. The lowest BCUT2D eigenvalue weighted by molar-refractivity contribution is -0.136. The zero-order chi connectivity index (χ0) is 22.9. The van der Waals surface area contributed by atoms with Gasteiger partial charge in [0.15, 0.2) is 0 Å². The van der Waals surface area contributed by atoms with E-state index in [-0.39, 0.29) is 0 Å². The van der Waals surface area contributed by atoms with Crippen LogP contribution in [0.3, 0.4) is 0 Å². The molecular formula is C25H26N4O3. The molecule has 0 aliphatic heterocycles. The highest BCUT2D eigenvalue weighted by molar-refractivity contribution is 6.39. The minimum atomic E-state index is -0.858. The Bertz CT molecular complexity index is 1140. The molecule has 3 aromatic carbocycles. The van der Waals surface area contributed by atoms with Gasteiger partial charge in [0, 0.05) is 16.9 Å². The number of ether oxygens (including phenoxy) is 1. The second-order valence-corrected chi connectivity index (χ2v) is 7.03. The number of hydrazone groups is 1. The van der Waals surface area contributed by atoms with Gasteiger partial charge in [-0.05, 0) is 42.7 Å². The van der Waals surface area contributed by atoms with Crippen molar-refractivity contribution >= 4 is 35.1 Å². The van der Waals surface area contributed by atoms with Crippen molar-refractivity contribution in [2.24, 2.45) is 5.10 Å². The molecule has 3 rings (SSSR count). The molecule has 0 aliphatic rings. The maximum Gasteiger partial charge on any atom is 0.329 e. The Morgan fingerprint density at radius 2 is 1.66 bits per heavy atom. The molecule has 7 heteroatoms. The maximum absolute atomic E-state index is 12.2. The molecule has 0 fully saturated rings. The van der Waals surface area contributed by atoms with E-state index in [0.717, 1.165) is 23.2 Å². The van der Waals surface area contributed by atoms with Gasteiger partial charge in [0.2, 0.25) is 0 Å². The van der Waals surface area contributed by atoms with Crippen LogP contribution in [0.2, 0.25) is 0 Å². The number of nitrogens with one attached hydrogen (secondary N) is 3. The van der Waals surface area contributed by atoms with Crippen molar-refractivity contribution in [2.45, 2.75) is 20.3 Å². The van der Waals surface area contributed by atoms with Crippen molar-refractivity contribution in [1.82, 2.24) is 5.43 Å². The molecule has 0 bridgehead atoms. The molecule has 0 aliphatic carbocycles. The third kappa shape index (κ3) is 5.51. The molecule has 0 heterocycles. The fraction of sp³-hybridized carbons (Fsp3) is 0.160. The minimum absolute atomic E-state index is 0.608. The summed E-state index contributed by atoms with van der Waals surface area (Å²) in [5, 5.41) is 9.95. The Kier molecular flexibility index (Phi) is 7.59. The summed E-state index contributed by atoms with van der Waals surface area (Å²) in [6.45, 7) is 3.98. The van der Waals surface area contributed by atoms with E-state index in [2.05, 4.69) is 21.2 Å². The fourth-order valence-corrected chi connectivity index (χ4v) is 3.15. The highest BCUT2D eigenvalue weighted by Crippen LogP contribution is 2.31. The topological polar surface area (TPSA) is 91.8 Å². The largest absolute Gasteiger partial charge is 0.495 e. The Balaban J connectivity index is 1.72. The standard InChI is InChI=1S/C25H26N4O3/c1-4-18-11-6-8-14-21(18)28-24(30)25(31)29-26-16-19-12-9-15-22(32-3)23(19)27-20-13-7-5-10-17(20)2/h5-16,27H,4H2,1-3H3,(H,28,30)(H,29,31)/b26-16-. The van der Waals surface area contributed by atoms with Crippen LogP contribution in [0, 0.1) is 6.92 Å². The van der Waals surface area contributed by atoms with Crippen molar-refractivity contribution in [3.8, 4) is 5.75 Å². The normalized spacial score (nSPS) is 10.6. The number of aryl methyl sites for hydroxylation is 2. The third-order valence-corrected chi connectivity index (χ3v) is 4.91. The first kappa shape index (κ1) is 22.6. The van der Waals surface area contributed by atoms with Crippen molar-refractivity contribution in [1.29, 1.82) is 0 Å². The number of nitrogens with zero attached hydrogens (tertiary/aromatic N) is 1. The monoisotopic (exact) mass is 430 g/mol. The molecule has 0 atom stereocenters. The van der Waals surface area contributed by atoms with Gasteiger partial charge in [0.05, 0.1) is 19.0 Å². The lowest BCUT2D eigenvalue weighted by atomic mass is 10.1. The van der Waals surface area contributed by atoms with E-state index in [0.29, 0.717) is 22.7 Å². The van der Waals surface area contributed by atoms with E-state index in [9.17, 15) is 9.59 Å². The van der Waals surface area contributed by atoms with Gasteiger partial charge in [-0.3, -0.25) is 9.59 Å². The van der Waals surface area contributed by atoms with E-state index in [1.54, 1.807) is 19.2 Å². The molecule has 3 N–H and O–H groups in total. The van der Waals surface area contributed by atoms with Gasteiger partial charge in [0.1, 0.15) is 5.75 Å². The van der Waals surface area contributed by atoms with Crippen LogP contribution in [-0.2, 0) is 16.0 Å². The lowest BCUT2D eigenvalue weighted by Gasteiger charge is -2.15. The Morgan fingerprint density at radius 3 is 2.38 bits per heavy atom. The average Bonchev–Trinajstić information content (AvgIpc) is 2.81. The molecule has 0 saturated heterocycles. The average molecular weight is 431 g/mol. The van der Waals surface area contributed by atoms with Gasteiger partial charge in [-0.1, -0.05) is 55.5 Å². The minimum Gasteiger partial charge on any atom is -0.495 e. The SMILES string of the molecule is CCc1ccccc1NC(=O)C(=O)N/N=C\c1cccc(OC)c1Nc1ccccc1C. The molecular weight excluding hydrogens is 404 g/mol. The van der Waals surface area contributed by atoms with Gasteiger partial charge in [-0.25, -0.2) is 5.43 Å². The van der Waals surface area contributed by atoms with Crippen LogP contribution in [0.15, 0.2) is 71.8 Å². The highest BCUT2D eigenvalue weighted by Gasteiger charge is 2.15. The summed E-state index contributed by atoms with van der Waals surface area (Å²) in [6, 6.07) is 20.7. The lowest BCUT2D eigenvalue weighted by Crippen LogP contribution is -2.32. The number of para-hydroxylation sites is 3. The molecule has 164 valence electrons. The first-order chi connectivity index (χ1) is 15.5. The first-order valence-electron chi connectivity index (χ1n) is 10.3. The van der Waals surface area contributed by atoms with Crippen LogP contribution in [0.5, 0.6) is 5.75 Å². The second-order valence-electron chi connectivity index (χ2n) is 7.03. The second kappa shape index (κ2) is 10.8. The number of anilines is 3. The summed E-state index contributed by atoms with van der Waals surface area (Å²) >= 11 is 0. The molecule has 0 aromatic heterocycles. The molecule has 0 radical (unpaired) electrons. The van der Waals surface area contributed by atoms with Crippen molar-refractivity contribution in [3.63, 3.8) is 0 Å². The third-order valence-electron chi connectivity index (χ3n) is 4.91. The molecule has 7 nitrogen and oxygen atoms in total. The zero-order valence-electron chi connectivity index (χ0n) is 18.3. The fourth-order valence-electron chi connectivity index (χ4n) is 3.15. The maximum atomic E-state index is 12.2. The molecule has 2 amide bonds. The number of rotatable bonds is 7. The summed E-state index contributed by atoms with van der Waals surface area (Å²) in [4.78, 5) is 24.4. The number of amides is 2. The number of carbonyl (C=O) groups excluding carboxylic acids is 2. The number of hydrogen-bond acceptors (Lipinski definition) is 5. The zero-order valence-corrected chi connectivity index (χ0v) is 18.3. The van der Waals surface area contributed by atoms with Gasteiger partial charge in [-0.2, -0.15) is 5.10 Å². The predicted molar refractivity (Wildman–Crippen MR) is 128 cm³/mol. The highest BCUT2D eigenvalue weighted by atomic mass is 16.5. The Morgan fingerprint density at radius 1 is 0.938 bits per heavy atom. The number of benzene rings is 3. The Labute approximate surface area is 187 Å². The molecule has 3 aromatic rings. The van der Waals surface area contributed by atoms with Crippen LogP contribution < -0.4 is 20.8 Å². The summed E-state index contributed by atoms with van der Waals surface area (Å²) in [6.07, 6.45) is 2.21. The van der Waals surface area contributed by atoms with Crippen LogP contribution >= 0.6 is 0 Å². The van der Waals surface area contributed by atoms with Crippen LogP contribution in [0.1, 0.15) is 23.6 Å². The van der Waals surface area contributed by atoms with Gasteiger partial charge < -0.3 is 15.4 Å².